The van der Waals surface area contributed by atoms with Crippen molar-refractivity contribution in [3.05, 3.63) is 77.0 Å². The minimum Gasteiger partial charge on any atom is -0.497 e. The molecule has 5 nitrogen and oxygen atoms in total. The molecule has 1 N–H and O–H groups in total. The Labute approximate surface area is 160 Å². The fourth-order valence-electron chi connectivity index (χ4n) is 2.27. The Bertz CT molecular complexity index is 968. The van der Waals surface area contributed by atoms with Crippen molar-refractivity contribution in [1.29, 1.82) is 0 Å². The number of benzene rings is 2. The molecule has 0 heterocycles. The van der Waals surface area contributed by atoms with Crippen LogP contribution in [-0.2, 0) is 14.8 Å². The van der Waals surface area contributed by atoms with Crippen molar-refractivity contribution in [3.8, 4) is 5.75 Å². The van der Waals surface area contributed by atoms with Gasteiger partial charge in [-0.3, -0.25) is 4.79 Å². The maximum absolute atomic E-state index is 12.8. The van der Waals surface area contributed by atoms with Crippen LogP contribution in [0.2, 0.25) is 0 Å². The number of ether oxygens (including phenoxy) is 1. The third-order valence-electron chi connectivity index (χ3n) is 4.08. The summed E-state index contributed by atoms with van der Waals surface area (Å²) in [7, 11) is -2.19. The van der Waals surface area contributed by atoms with E-state index in [0.717, 1.165) is 5.56 Å². The number of nitrogens with one attached hydrogen (secondary N) is 1. The first-order valence-corrected chi connectivity index (χ1v) is 9.88. The maximum atomic E-state index is 12.8. The number of rotatable bonds is 7. The molecular formula is C21H23NO4S. The third-order valence-corrected chi connectivity index (χ3v) is 5.54. The molecule has 0 amide bonds. The summed E-state index contributed by atoms with van der Waals surface area (Å²) in [4.78, 5) is 11.6. The summed E-state index contributed by atoms with van der Waals surface area (Å²) in [6.07, 6.45) is 1.55. The minimum atomic E-state index is -3.75. The predicted molar refractivity (Wildman–Crippen MR) is 105 cm³/mol. The van der Waals surface area contributed by atoms with Crippen LogP contribution in [0.4, 0.5) is 0 Å². The highest BCUT2D eigenvalue weighted by Gasteiger charge is 2.20. The van der Waals surface area contributed by atoms with Gasteiger partial charge in [0.05, 0.1) is 18.0 Å². The van der Waals surface area contributed by atoms with Crippen LogP contribution in [0.5, 0.6) is 5.75 Å². The fourth-order valence-corrected chi connectivity index (χ4v) is 3.44. The summed E-state index contributed by atoms with van der Waals surface area (Å²) in [6.45, 7) is 4.97. The van der Waals surface area contributed by atoms with Crippen molar-refractivity contribution in [2.75, 3.05) is 7.11 Å². The molecule has 0 spiro atoms. The zero-order valence-corrected chi connectivity index (χ0v) is 16.6. The molecule has 6 heteroatoms. The van der Waals surface area contributed by atoms with Crippen LogP contribution >= 0.6 is 0 Å². The summed E-state index contributed by atoms with van der Waals surface area (Å²) in [5.74, 6) is 0.541. The van der Waals surface area contributed by atoms with E-state index in [9.17, 15) is 13.2 Å². The summed E-state index contributed by atoms with van der Waals surface area (Å²) in [5.41, 5.74) is 4.97. The highest BCUT2D eigenvalue weighted by atomic mass is 32.2. The number of aryl methyl sites for hydroxylation is 1. The van der Waals surface area contributed by atoms with Crippen molar-refractivity contribution in [1.82, 2.24) is 4.72 Å². The zero-order chi connectivity index (χ0) is 20.0. The molecule has 1 unspecified atom stereocenters. The average Bonchev–Trinajstić information content (AvgIpc) is 2.65. The van der Waals surface area contributed by atoms with Crippen LogP contribution in [0.3, 0.4) is 0 Å². The minimum absolute atomic E-state index is 0.124. The Kier molecular flexibility index (Phi) is 6.75. The van der Waals surface area contributed by atoms with E-state index in [0.29, 0.717) is 16.9 Å². The largest absolute Gasteiger partial charge is 0.497 e. The summed E-state index contributed by atoms with van der Waals surface area (Å²) in [6, 6.07) is 12.9. The van der Waals surface area contributed by atoms with Crippen molar-refractivity contribution in [3.63, 3.8) is 0 Å². The molecule has 1 atom stereocenters. The van der Waals surface area contributed by atoms with Gasteiger partial charge in [-0.15, -0.1) is 5.73 Å². The highest BCUT2D eigenvalue weighted by molar-refractivity contribution is 7.89. The Morgan fingerprint density at radius 2 is 1.67 bits per heavy atom. The zero-order valence-electron chi connectivity index (χ0n) is 15.8. The average molecular weight is 385 g/mol. The molecule has 2 aromatic rings. The third kappa shape index (κ3) is 5.66. The maximum Gasteiger partial charge on any atom is 0.241 e. The van der Waals surface area contributed by atoms with E-state index in [-0.39, 0.29) is 10.7 Å². The molecule has 0 aliphatic heterocycles. The van der Waals surface area contributed by atoms with Gasteiger partial charge in [0, 0.05) is 5.57 Å². The number of ketones is 1. The number of carbonyl (C=O) groups excluding carboxylic acids is 1. The van der Waals surface area contributed by atoms with Crippen molar-refractivity contribution < 1.29 is 17.9 Å². The van der Waals surface area contributed by atoms with Crippen molar-refractivity contribution >= 4 is 15.8 Å². The Balaban J connectivity index is 2.43. The number of sulfonamides is 1. The molecule has 0 radical (unpaired) electrons. The number of Topliss-reactive ketones (excluding diaryl/α,β-unsaturated/α-hetero) is 1. The first-order chi connectivity index (χ1) is 12.7. The second-order valence-corrected chi connectivity index (χ2v) is 7.89. The SMILES string of the molecule is COc1ccc(C(C=C=C(C)C(C)=O)NS(=O)(=O)c2ccc(C)cc2)cc1. The van der Waals surface area contributed by atoms with Gasteiger partial charge in [0.2, 0.25) is 10.0 Å². The van der Waals surface area contributed by atoms with Crippen LogP contribution < -0.4 is 9.46 Å². The molecule has 0 fully saturated rings. The molecule has 0 saturated heterocycles. The van der Waals surface area contributed by atoms with E-state index in [2.05, 4.69) is 10.5 Å². The molecule has 2 rings (SSSR count). The Morgan fingerprint density at radius 1 is 1.07 bits per heavy atom. The van der Waals surface area contributed by atoms with E-state index in [4.69, 9.17) is 4.74 Å². The first-order valence-electron chi connectivity index (χ1n) is 8.40. The fraction of sp³-hybridized carbons (Fsp3) is 0.238. The first kappa shape index (κ1) is 20.6. The lowest BCUT2D eigenvalue weighted by Crippen LogP contribution is -2.27. The quantitative estimate of drug-likeness (QED) is 0.582. The van der Waals surface area contributed by atoms with Gasteiger partial charge >= 0.3 is 0 Å². The van der Waals surface area contributed by atoms with Gasteiger partial charge < -0.3 is 4.74 Å². The van der Waals surface area contributed by atoms with E-state index < -0.39 is 16.1 Å². The molecule has 0 aliphatic carbocycles. The summed E-state index contributed by atoms with van der Waals surface area (Å²) >= 11 is 0. The lowest BCUT2D eigenvalue weighted by atomic mass is 10.1. The standard InChI is InChI=1S/C21H23NO4S/c1-15-5-12-20(13-6-15)27(24,25)22-21(14-7-16(2)17(3)23)18-8-10-19(26-4)11-9-18/h5-6,8-14,21-22H,1-4H3. The monoisotopic (exact) mass is 385 g/mol. The number of hydrogen-bond acceptors (Lipinski definition) is 4. The Hall–Kier alpha value is -2.66. The summed E-state index contributed by atoms with van der Waals surface area (Å²) < 4.78 is 33.4. The van der Waals surface area contributed by atoms with Gasteiger partial charge in [-0.1, -0.05) is 29.8 Å². The lowest BCUT2D eigenvalue weighted by Gasteiger charge is -2.16. The van der Waals surface area contributed by atoms with E-state index in [1.807, 2.05) is 6.92 Å². The van der Waals surface area contributed by atoms with Gasteiger partial charge in [0.15, 0.2) is 5.78 Å². The van der Waals surface area contributed by atoms with Crippen molar-refractivity contribution in [2.45, 2.75) is 31.7 Å². The van der Waals surface area contributed by atoms with Gasteiger partial charge in [-0.2, -0.15) is 4.72 Å². The molecule has 27 heavy (non-hydrogen) atoms. The Morgan fingerprint density at radius 3 is 2.19 bits per heavy atom. The van der Waals surface area contributed by atoms with Gasteiger partial charge in [0.1, 0.15) is 5.75 Å². The number of carbonyl (C=O) groups is 1. The normalized spacial score (nSPS) is 12.0. The van der Waals surface area contributed by atoms with Gasteiger partial charge in [-0.25, -0.2) is 8.42 Å². The van der Waals surface area contributed by atoms with Crippen LogP contribution in [0.1, 0.15) is 31.0 Å². The highest BCUT2D eigenvalue weighted by Crippen LogP contribution is 2.21. The van der Waals surface area contributed by atoms with Crippen LogP contribution in [0, 0.1) is 6.92 Å². The van der Waals surface area contributed by atoms with Crippen LogP contribution in [0.15, 0.2) is 70.8 Å². The lowest BCUT2D eigenvalue weighted by molar-refractivity contribution is -0.113. The second-order valence-electron chi connectivity index (χ2n) is 6.18. The molecule has 0 aliphatic rings. The second kappa shape index (κ2) is 8.82. The van der Waals surface area contributed by atoms with E-state index >= 15 is 0 Å². The topological polar surface area (TPSA) is 72.5 Å². The molecule has 0 saturated carbocycles. The van der Waals surface area contributed by atoms with Crippen molar-refractivity contribution in [2.24, 2.45) is 0 Å². The predicted octanol–water partition coefficient (Wildman–Crippen LogP) is 3.71. The number of methoxy groups -OCH3 is 1. The summed E-state index contributed by atoms with van der Waals surface area (Å²) in [5, 5.41) is 0. The van der Waals surface area contributed by atoms with E-state index in [1.54, 1.807) is 68.6 Å². The van der Waals surface area contributed by atoms with Gasteiger partial charge in [-0.05, 0) is 56.7 Å². The molecule has 0 aromatic heterocycles. The van der Waals surface area contributed by atoms with Gasteiger partial charge in [0.25, 0.3) is 0 Å². The molecule has 142 valence electrons. The molecule has 0 bridgehead atoms. The van der Waals surface area contributed by atoms with E-state index in [1.165, 1.54) is 6.92 Å². The van der Waals surface area contributed by atoms with Crippen LogP contribution in [-0.4, -0.2) is 21.3 Å². The number of hydrogen-bond donors (Lipinski definition) is 1. The molecular weight excluding hydrogens is 362 g/mol. The smallest absolute Gasteiger partial charge is 0.241 e. The van der Waals surface area contributed by atoms with Crippen LogP contribution in [0.25, 0.3) is 0 Å². The molecule has 2 aromatic carbocycles.